The Bertz CT molecular complexity index is 822. The van der Waals surface area contributed by atoms with Gasteiger partial charge in [-0.05, 0) is 30.7 Å². The Morgan fingerprint density at radius 3 is 2.52 bits per heavy atom. The number of carbonyl (C=O) groups is 2. The summed E-state index contributed by atoms with van der Waals surface area (Å²) in [6.45, 7) is 1.78. The number of nitrogens with one attached hydrogen (secondary N) is 1. The second-order valence-corrected chi connectivity index (χ2v) is 5.51. The number of nitrogens with two attached hydrogens (primary N) is 1. The summed E-state index contributed by atoms with van der Waals surface area (Å²) in [4.78, 5) is 35.5. The number of nitrogens with zero attached hydrogens (tertiary/aromatic N) is 2. The highest BCUT2D eigenvalue weighted by atomic mass is 16.6. The third-order valence-electron chi connectivity index (χ3n) is 3.84. The van der Waals surface area contributed by atoms with Gasteiger partial charge in [-0.15, -0.1) is 0 Å². The summed E-state index contributed by atoms with van der Waals surface area (Å²) < 4.78 is 0. The summed E-state index contributed by atoms with van der Waals surface area (Å²) in [6, 6.07) is 11.4. The number of nitro benzene ring substituents is 1. The molecule has 1 atom stereocenters. The molecule has 2 rings (SSSR count). The molecule has 3 N–H and O–H groups in total. The molecule has 0 saturated carbocycles. The number of primary amides is 1. The van der Waals surface area contributed by atoms with Crippen molar-refractivity contribution in [1.82, 2.24) is 4.90 Å². The molecule has 0 aliphatic rings. The molecule has 1 unspecified atom stereocenters. The van der Waals surface area contributed by atoms with Crippen LogP contribution in [0.2, 0.25) is 0 Å². The smallest absolute Gasteiger partial charge is 0.316 e. The van der Waals surface area contributed by atoms with Crippen LogP contribution in [0.15, 0.2) is 48.5 Å². The summed E-state index contributed by atoms with van der Waals surface area (Å²) in [6.07, 6.45) is 0. The molecule has 0 aliphatic heterocycles. The van der Waals surface area contributed by atoms with Gasteiger partial charge < -0.3 is 16.0 Å². The van der Waals surface area contributed by atoms with Crippen LogP contribution < -0.4 is 11.1 Å². The van der Waals surface area contributed by atoms with Crippen molar-refractivity contribution in [2.45, 2.75) is 13.0 Å². The van der Waals surface area contributed by atoms with Gasteiger partial charge >= 0.3 is 6.03 Å². The molecule has 0 aliphatic carbocycles. The van der Waals surface area contributed by atoms with Crippen LogP contribution in [0.1, 0.15) is 28.9 Å². The van der Waals surface area contributed by atoms with E-state index in [1.54, 1.807) is 44.3 Å². The molecule has 0 fully saturated rings. The van der Waals surface area contributed by atoms with Crippen LogP contribution in [0.5, 0.6) is 0 Å². The fraction of sp³-hybridized carbons (Fsp3) is 0.176. The Balaban J connectivity index is 2.23. The topological polar surface area (TPSA) is 119 Å². The maximum Gasteiger partial charge on any atom is 0.316 e. The molecule has 2 aromatic rings. The zero-order valence-corrected chi connectivity index (χ0v) is 13.8. The first-order valence-electron chi connectivity index (χ1n) is 7.47. The van der Waals surface area contributed by atoms with Crippen LogP contribution >= 0.6 is 0 Å². The predicted molar refractivity (Wildman–Crippen MR) is 93.3 cm³/mol. The fourth-order valence-electron chi connectivity index (χ4n) is 2.37. The zero-order chi connectivity index (χ0) is 18.6. The lowest BCUT2D eigenvalue weighted by Gasteiger charge is -2.25. The van der Waals surface area contributed by atoms with Crippen molar-refractivity contribution >= 4 is 23.3 Å². The third-order valence-corrected chi connectivity index (χ3v) is 3.84. The first kappa shape index (κ1) is 17.9. The van der Waals surface area contributed by atoms with Gasteiger partial charge in [-0.3, -0.25) is 14.9 Å². The molecule has 0 bridgehead atoms. The minimum absolute atomic E-state index is 0.0298. The van der Waals surface area contributed by atoms with Gasteiger partial charge in [-0.1, -0.05) is 18.2 Å². The monoisotopic (exact) mass is 342 g/mol. The number of non-ortho nitro benzene ring substituents is 1. The molecule has 2 aromatic carbocycles. The van der Waals surface area contributed by atoms with Crippen molar-refractivity contribution in [3.63, 3.8) is 0 Å². The van der Waals surface area contributed by atoms with Crippen molar-refractivity contribution in [3.05, 3.63) is 69.8 Å². The van der Waals surface area contributed by atoms with Gasteiger partial charge in [0.15, 0.2) is 0 Å². The minimum Gasteiger partial charge on any atom is -0.351 e. The Kier molecular flexibility index (Phi) is 5.33. The lowest BCUT2D eigenvalue weighted by molar-refractivity contribution is -0.384. The van der Waals surface area contributed by atoms with Gasteiger partial charge in [0.05, 0.1) is 11.0 Å². The maximum atomic E-state index is 12.7. The third kappa shape index (κ3) is 4.31. The molecular weight excluding hydrogens is 324 g/mol. The Labute approximate surface area is 144 Å². The number of rotatable bonds is 5. The van der Waals surface area contributed by atoms with Gasteiger partial charge in [-0.2, -0.15) is 0 Å². The molecule has 0 heterocycles. The van der Waals surface area contributed by atoms with E-state index in [0.717, 1.165) is 0 Å². The van der Waals surface area contributed by atoms with E-state index in [0.29, 0.717) is 16.8 Å². The van der Waals surface area contributed by atoms with Crippen molar-refractivity contribution in [2.24, 2.45) is 5.73 Å². The molecule has 0 spiro atoms. The zero-order valence-electron chi connectivity index (χ0n) is 13.8. The molecule has 3 amide bonds. The first-order valence-corrected chi connectivity index (χ1v) is 7.47. The van der Waals surface area contributed by atoms with E-state index in [9.17, 15) is 19.7 Å². The Morgan fingerprint density at radius 1 is 1.20 bits per heavy atom. The van der Waals surface area contributed by atoms with Crippen molar-refractivity contribution in [2.75, 3.05) is 12.4 Å². The molecule has 8 heteroatoms. The van der Waals surface area contributed by atoms with Gasteiger partial charge in [0.2, 0.25) is 0 Å². The van der Waals surface area contributed by atoms with Crippen molar-refractivity contribution < 1.29 is 14.5 Å². The number of carbonyl (C=O) groups excluding carboxylic acids is 2. The average Bonchev–Trinajstić information content (AvgIpc) is 2.59. The number of anilines is 1. The van der Waals surface area contributed by atoms with Crippen LogP contribution in [0.3, 0.4) is 0 Å². The van der Waals surface area contributed by atoms with Gasteiger partial charge in [0.1, 0.15) is 0 Å². The average molecular weight is 342 g/mol. The van der Waals surface area contributed by atoms with Gasteiger partial charge in [0, 0.05) is 30.4 Å². The largest absolute Gasteiger partial charge is 0.351 e. The lowest BCUT2D eigenvalue weighted by atomic mass is 10.1. The van der Waals surface area contributed by atoms with E-state index < -0.39 is 11.0 Å². The fourth-order valence-corrected chi connectivity index (χ4v) is 2.37. The Hall–Kier alpha value is -3.42. The summed E-state index contributed by atoms with van der Waals surface area (Å²) >= 11 is 0. The molecule has 130 valence electrons. The van der Waals surface area contributed by atoms with Gasteiger partial charge in [-0.25, -0.2) is 4.79 Å². The second kappa shape index (κ2) is 7.43. The molecule has 0 radical (unpaired) electrons. The van der Waals surface area contributed by atoms with Crippen molar-refractivity contribution in [3.8, 4) is 0 Å². The number of benzene rings is 2. The highest BCUT2D eigenvalue weighted by molar-refractivity contribution is 5.96. The van der Waals surface area contributed by atoms with E-state index >= 15 is 0 Å². The number of urea groups is 1. The summed E-state index contributed by atoms with van der Waals surface area (Å²) in [7, 11) is 1.61. The van der Waals surface area contributed by atoms with E-state index in [-0.39, 0.29) is 17.6 Å². The van der Waals surface area contributed by atoms with Gasteiger partial charge in [0.25, 0.3) is 11.6 Å². The highest BCUT2D eigenvalue weighted by Gasteiger charge is 2.20. The summed E-state index contributed by atoms with van der Waals surface area (Å²) in [5.41, 5.74) is 6.47. The summed E-state index contributed by atoms with van der Waals surface area (Å²) in [5.74, 6) is -0.285. The Morgan fingerprint density at radius 2 is 1.88 bits per heavy atom. The first-order chi connectivity index (χ1) is 11.8. The van der Waals surface area contributed by atoms with Crippen LogP contribution in [-0.4, -0.2) is 28.8 Å². The SMILES string of the molecule is CC(c1cccc([N+](=O)[O-])c1)N(C)C(=O)c1cccc(NC(N)=O)c1. The van der Waals surface area contributed by atoms with Crippen LogP contribution in [0, 0.1) is 10.1 Å². The highest BCUT2D eigenvalue weighted by Crippen LogP contribution is 2.24. The number of amides is 3. The maximum absolute atomic E-state index is 12.7. The molecule has 0 aromatic heterocycles. The molecular formula is C17H18N4O4. The quantitative estimate of drug-likeness (QED) is 0.641. The van der Waals surface area contributed by atoms with E-state index in [2.05, 4.69) is 5.32 Å². The standard InChI is InChI=1S/C17H18N4O4/c1-11(12-5-4-8-15(10-12)21(24)25)20(2)16(22)13-6-3-7-14(9-13)19-17(18)23/h3-11H,1-2H3,(H3,18,19,23). The van der Waals surface area contributed by atoms with E-state index in [1.165, 1.54) is 23.1 Å². The van der Waals surface area contributed by atoms with Crippen LogP contribution in [0.4, 0.5) is 16.2 Å². The van der Waals surface area contributed by atoms with E-state index in [1.807, 2.05) is 0 Å². The predicted octanol–water partition coefficient (Wildman–Crippen LogP) is 2.92. The molecule has 0 saturated heterocycles. The molecule has 25 heavy (non-hydrogen) atoms. The normalized spacial score (nSPS) is 11.4. The van der Waals surface area contributed by atoms with Crippen LogP contribution in [0.25, 0.3) is 0 Å². The summed E-state index contributed by atoms with van der Waals surface area (Å²) in [5, 5.41) is 13.3. The van der Waals surface area contributed by atoms with E-state index in [4.69, 9.17) is 5.73 Å². The second-order valence-electron chi connectivity index (χ2n) is 5.51. The minimum atomic E-state index is -0.720. The van der Waals surface area contributed by atoms with Crippen LogP contribution in [-0.2, 0) is 0 Å². The number of hydrogen-bond donors (Lipinski definition) is 2. The number of hydrogen-bond acceptors (Lipinski definition) is 4. The lowest BCUT2D eigenvalue weighted by Crippen LogP contribution is -2.29. The molecule has 8 nitrogen and oxygen atoms in total. The van der Waals surface area contributed by atoms with Crippen molar-refractivity contribution in [1.29, 1.82) is 0 Å². The number of nitro groups is 1.